The van der Waals surface area contributed by atoms with Gasteiger partial charge in [0.25, 0.3) is 5.91 Å². The summed E-state index contributed by atoms with van der Waals surface area (Å²) in [4.78, 5) is 26.2. The van der Waals surface area contributed by atoms with Gasteiger partial charge in [-0.25, -0.2) is 0 Å². The quantitative estimate of drug-likeness (QED) is 0.766. The highest BCUT2D eigenvalue weighted by atomic mass is 16.7. The van der Waals surface area contributed by atoms with Crippen LogP contribution in [0.15, 0.2) is 18.2 Å². The van der Waals surface area contributed by atoms with Crippen LogP contribution in [0.4, 0.5) is 0 Å². The van der Waals surface area contributed by atoms with Crippen molar-refractivity contribution in [3.05, 3.63) is 23.8 Å². The van der Waals surface area contributed by atoms with Gasteiger partial charge < -0.3 is 29.5 Å². The van der Waals surface area contributed by atoms with E-state index in [9.17, 15) is 14.7 Å². The molecule has 2 aliphatic heterocycles. The Hall–Kier alpha value is -2.32. The third-order valence-corrected chi connectivity index (χ3v) is 3.74. The molecule has 1 atom stereocenters. The zero-order valence-electron chi connectivity index (χ0n) is 12.5. The number of aliphatic hydroxyl groups is 1. The van der Waals surface area contributed by atoms with E-state index in [4.69, 9.17) is 14.2 Å². The number of fused-ring (bicyclic) bond motifs is 1. The first-order valence-electron chi connectivity index (χ1n) is 7.37. The Balaban J connectivity index is 1.66. The van der Waals surface area contributed by atoms with Gasteiger partial charge in [0, 0.05) is 18.7 Å². The molecule has 1 saturated heterocycles. The second-order valence-electron chi connectivity index (χ2n) is 5.21. The number of benzene rings is 1. The molecule has 2 aliphatic rings. The highest BCUT2D eigenvalue weighted by molar-refractivity contribution is 5.98. The van der Waals surface area contributed by atoms with Crippen molar-refractivity contribution in [3.8, 4) is 11.5 Å². The van der Waals surface area contributed by atoms with Gasteiger partial charge in [0.15, 0.2) is 11.5 Å². The van der Waals surface area contributed by atoms with Crippen molar-refractivity contribution >= 4 is 11.8 Å². The molecule has 0 bridgehead atoms. The molecular formula is C15H18N2O6. The minimum absolute atomic E-state index is 0.120. The van der Waals surface area contributed by atoms with Gasteiger partial charge in [-0.05, 0) is 18.2 Å². The van der Waals surface area contributed by atoms with E-state index < -0.39 is 18.6 Å². The Morgan fingerprint density at radius 2 is 1.96 bits per heavy atom. The van der Waals surface area contributed by atoms with E-state index in [0.29, 0.717) is 43.4 Å². The van der Waals surface area contributed by atoms with Gasteiger partial charge in [-0.15, -0.1) is 0 Å². The van der Waals surface area contributed by atoms with Crippen LogP contribution in [0.5, 0.6) is 11.5 Å². The molecule has 124 valence electrons. The maximum absolute atomic E-state index is 12.3. The van der Waals surface area contributed by atoms with Gasteiger partial charge in [-0.1, -0.05) is 0 Å². The molecule has 0 radical (unpaired) electrons. The topological polar surface area (TPSA) is 97.3 Å². The molecule has 1 aromatic carbocycles. The molecule has 3 rings (SSSR count). The predicted octanol–water partition coefficient (Wildman–Crippen LogP) is -0.635. The van der Waals surface area contributed by atoms with Gasteiger partial charge in [0.1, 0.15) is 6.04 Å². The molecule has 2 N–H and O–H groups in total. The van der Waals surface area contributed by atoms with Crippen molar-refractivity contribution in [1.82, 2.24) is 10.2 Å². The van der Waals surface area contributed by atoms with Crippen molar-refractivity contribution in [2.24, 2.45) is 0 Å². The van der Waals surface area contributed by atoms with Crippen molar-refractivity contribution in [1.29, 1.82) is 0 Å². The number of nitrogens with zero attached hydrogens (tertiary/aromatic N) is 1. The maximum Gasteiger partial charge on any atom is 0.252 e. The van der Waals surface area contributed by atoms with E-state index >= 15 is 0 Å². The smallest absolute Gasteiger partial charge is 0.252 e. The first-order chi connectivity index (χ1) is 11.2. The first kappa shape index (κ1) is 15.6. The van der Waals surface area contributed by atoms with Gasteiger partial charge in [-0.3, -0.25) is 9.59 Å². The van der Waals surface area contributed by atoms with Crippen LogP contribution >= 0.6 is 0 Å². The third-order valence-electron chi connectivity index (χ3n) is 3.74. The standard InChI is InChI=1S/C15H18N2O6/c18-8-11(15(20)17-3-5-21-6-4-17)16-14(19)10-1-2-12-13(7-10)23-9-22-12/h1-2,7,11,18H,3-6,8-9H2,(H,16,19)/t11-/m0/s1. The zero-order valence-corrected chi connectivity index (χ0v) is 12.5. The first-order valence-corrected chi connectivity index (χ1v) is 7.37. The summed E-state index contributed by atoms with van der Waals surface area (Å²) in [5.74, 6) is 0.288. The van der Waals surface area contributed by atoms with Crippen LogP contribution in [0.1, 0.15) is 10.4 Å². The van der Waals surface area contributed by atoms with E-state index in [1.807, 2.05) is 0 Å². The molecule has 0 aromatic heterocycles. The number of ether oxygens (including phenoxy) is 3. The number of nitrogens with one attached hydrogen (secondary N) is 1. The molecule has 1 aromatic rings. The van der Waals surface area contributed by atoms with Gasteiger partial charge >= 0.3 is 0 Å². The maximum atomic E-state index is 12.3. The van der Waals surface area contributed by atoms with Crippen molar-refractivity contribution in [2.45, 2.75) is 6.04 Å². The normalized spacial score (nSPS) is 17.7. The molecule has 2 amide bonds. The molecule has 0 spiro atoms. The summed E-state index contributed by atoms with van der Waals surface area (Å²) >= 11 is 0. The van der Waals surface area contributed by atoms with Crippen LogP contribution in [-0.2, 0) is 9.53 Å². The van der Waals surface area contributed by atoms with Gasteiger partial charge in [-0.2, -0.15) is 0 Å². The summed E-state index contributed by atoms with van der Waals surface area (Å²) in [6.45, 7) is 1.48. The minimum Gasteiger partial charge on any atom is -0.454 e. The number of rotatable bonds is 4. The fourth-order valence-corrected chi connectivity index (χ4v) is 2.47. The number of morpholine rings is 1. The van der Waals surface area contributed by atoms with Crippen LogP contribution in [-0.4, -0.2) is 67.6 Å². The molecule has 8 nitrogen and oxygen atoms in total. The number of amides is 2. The number of hydrogen-bond acceptors (Lipinski definition) is 6. The van der Waals surface area contributed by atoms with Crippen LogP contribution in [0, 0.1) is 0 Å². The lowest BCUT2D eigenvalue weighted by Crippen LogP contribution is -2.53. The lowest BCUT2D eigenvalue weighted by Gasteiger charge is -2.30. The third kappa shape index (κ3) is 3.38. The Labute approximate surface area is 132 Å². The predicted molar refractivity (Wildman–Crippen MR) is 78.3 cm³/mol. The summed E-state index contributed by atoms with van der Waals surface area (Å²) < 4.78 is 15.6. The fourth-order valence-electron chi connectivity index (χ4n) is 2.47. The van der Waals surface area contributed by atoms with E-state index in [-0.39, 0.29) is 12.7 Å². The zero-order chi connectivity index (χ0) is 16.2. The van der Waals surface area contributed by atoms with E-state index in [1.54, 1.807) is 23.1 Å². The van der Waals surface area contributed by atoms with Crippen LogP contribution in [0.2, 0.25) is 0 Å². The van der Waals surface area contributed by atoms with E-state index in [0.717, 1.165) is 0 Å². The summed E-state index contributed by atoms with van der Waals surface area (Å²) in [6, 6.07) is 3.78. The number of hydrogen-bond donors (Lipinski definition) is 2. The highest BCUT2D eigenvalue weighted by Crippen LogP contribution is 2.32. The summed E-state index contributed by atoms with van der Waals surface area (Å²) in [6.07, 6.45) is 0. The molecule has 0 saturated carbocycles. The largest absolute Gasteiger partial charge is 0.454 e. The molecule has 2 heterocycles. The lowest BCUT2D eigenvalue weighted by molar-refractivity contribution is -0.138. The molecule has 0 unspecified atom stereocenters. The highest BCUT2D eigenvalue weighted by Gasteiger charge is 2.27. The Morgan fingerprint density at radius 1 is 1.22 bits per heavy atom. The van der Waals surface area contributed by atoms with Gasteiger partial charge in [0.05, 0.1) is 19.8 Å². The second kappa shape index (κ2) is 6.84. The molecule has 0 aliphatic carbocycles. The molecule has 8 heteroatoms. The molecule has 1 fully saturated rings. The summed E-state index contributed by atoms with van der Waals surface area (Å²) in [5.41, 5.74) is 0.336. The lowest BCUT2D eigenvalue weighted by atomic mass is 10.1. The number of aliphatic hydroxyl groups excluding tert-OH is 1. The summed E-state index contributed by atoms with van der Waals surface area (Å²) in [5, 5.41) is 12.0. The fraction of sp³-hybridized carbons (Fsp3) is 0.467. The number of carbonyl (C=O) groups excluding carboxylic acids is 2. The minimum atomic E-state index is -0.981. The Morgan fingerprint density at radius 3 is 2.70 bits per heavy atom. The van der Waals surface area contributed by atoms with Crippen molar-refractivity contribution in [2.75, 3.05) is 39.7 Å². The average molecular weight is 322 g/mol. The van der Waals surface area contributed by atoms with E-state index in [1.165, 1.54) is 0 Å². The Kier molecular flexibility index (Phi) is 4.63. The SMILES string of the molecule is O=C(N[C@@H](CO)C(=O)N1CCOCC1)c1ccc2c(c1)OCO2. The van der Waals surface area contributed by atoms with Crippen LogP contribution in [0.3, 0.4) is 0 Å². The van der Waals surface area contributed by atoms with Gasteiger partial charge in [0.2, 0.25) is 12.7 Å². The molecule has 23 heavy (non-hydrogen) atoms. The Bertz CT molecular complexity index is 600. The number of carbonyl (C=O) groups is 2. The second-order valence-corrected chi connectivity index (χ2v) is 5.21. The van der Waals surface area contributed by atoms with Crippen molar-refractivity contribution in [3.63, 3.8) is 0 Å². The molecular weight excluding hydrogens is 304 g/mol. The van der Waals surface area contributed by atoms with E-state index in [2.05, 4.69) is 5.32 Å². The van der Waals surface area contributed by atoms with Crippen molar-refractivity contribution < 1.29 is 28.9 Å². The van der Waals surface area contributed by atoms with Crippen LogP contribution < -0.4 is 14.8 Å². The van der Waals surface area contributed by atoms with Crippen LogP contribution in [0.25, 0.3) is 0 Å². The average Bonchev–Trinajstić information content (AvgIpc) is 3.07. The summed E-state index contributed by atoms with van der Waals surface area (Å²) in [7, 11) is 0. The monoisotopic (exact) mass is 322 g/mol.